The lowest BCUT2D eigenvalue weighted by atomic mass is 9.88. The fraction of sp³-hybridized carbons (Fsp3) is 0.588. The van der Waals surface area contributed by atoms with Crippen LogP contribution in [-0.4, -0.2) is 25.5 Å². The number of aryl methyl sites for hydroxylation is 1. The molecule has 0 aliphatic carbocycles. The zero-order valence-electron chi connectivity index (χ0n) is 12.8. The lowest BCUT2D eigenvalue weighted by molar-refractivity contribution is 0.0948. The number of hydrogen-bond donors (Lipinski definition) is 2. The maximum absolute atomic E-state index is 12.3. The molecular formula is C17H26N2O. The van der Waals surface area contributed by atoms with Gasteiger partial charge in [0.05, 0.1) is 0 Å². The molecule has 110 valence electrons. The summed E-state index contributed by atoms with van der Waals surface area (Å²) in [5.74, 6) is 1.13. The highest BCUT2D eigenvalue weighted by Crippen LogP contribution is 2.26. The summed E-state index contributed by atoms with van der Waals surface area (Å²) in [6.45, 7) is 9.12. The van der Waals surface area contributed by atoms with Crippen molar-refractivity contribution >= 4 is 5.91 Å². The molecule has 0 saturated carbocycles. The molecule has 3 nitrogen and oxygen atoms in total. The Kier molecular flexibility index (Phi) is 5.18. The minimum Gasteiger partial charge on any atom is -0.352 e. The minimum absolute atomic E-state index is 0.0620. The van der Waals surface area contributed by atoms with Crippen LogP contribution in [0.15, 0.2) is 18.2 Å². The van der Waals surface area contributed by atoms with Crippen molar-refractivity contribution in [1.82, 2.24) is 10.6 Å². The Morgan fingerprint density at radius 1 is 1.35 bits per heavy atom. The quantitative estimate of drug-likeness (QED) is 0.886. The Labute approximate surface area is 122 Å². The van der Waals surface area contributed by atoms with Gasteiger partial charge in [0.25, 0.3) is 5.91 Å². The van der Waals surface area contributed by atoms with Gasteiger partial charge in [0.15, 0.2) is 0 Å². The van der Waals surface area contributed by atoms with Crippen molar-refractivity contribution in [2.24, 2.45) is 5.92 Å². The third-order valence-electron chi connectivity index (χ3n) is 3.99. The first-order valence-electron chi connectivity index (χ1n) is 7.67. The van der Waals surface area contributed by atoms with Gasteiger partial charge >= 0.3 is 0 Å². The molecule has 1 saturated heterocycles. The highest BCUT2D eigenvalue weighted by Gasteiger charge is 2.17. The van der Waals surface area contributed by atoms with E-state index in [0.29, 0.717) is 11.8 Å². The molecule has 0 aromatic heterocycles. The van der Waals surface area contributed by atoms with Crippen molar-refractivity contribution in [1.29, 1.82) is 0 Å². The average molecular weight is 274 g/mol. The van der Waals surface area contributed by atoms with E-state index in [1.54, 1.807) is 0 Å². The fourth-order valence-corrected chi connectivity index (χ4v) is 2.69. The van der Waals surface area contributed by atoms with Gasteiger partial charge in [0.2, 0.25) is 0 Å². The molecule has 2 rings (SSSR count). The second-order valence-electron chi connectivity index (χ2n) is 6.20. The number of carbonyl (C=O) groups is 1. The fourth-order valence-electron chi connectivity index (χ4n) is 2.69. The van der Waals surface area contributed by atoms with E-state index in [2.05, 4.69) is 42.7 Å². The van der Waals surface area contributed by atoms with Crippen LogP contribution in [0.5, 0.6) is 0 Å². The molecule has 1 heterocycles. The number of amides is 1. The molecule has 0 unspecified atom stereocenters. The number of rotatable bonds is 4. The lowest BCUT2D eigenvalue weighted by Crippen LogP contribution is -2.29. The van der Waals surface area contributed by atoms with Crippen molar-refractivity contribution in [3.8, 4) is 0 Å². The van der Waals surface area contributed by atoms with Crippen LogP contribution in [0.25, 0.3) is 0 Å². The van der Waals surface area contributed by atoms with E-state index < -0.39 is 0 Å². The third-order valence-corrected chi connectivity index (χ3v) is 3.99. The first-order chi connectivity index (χ1) is 9.58. The minimum atomic E-state index is 0.0620. The van der Waals surface area contributed by atoms with Crippen LogP contribution in [0.3, 0.4) is 0 Å². The Morgan fingerprint density at radius 3 is 2.70 bits per heavy atom. The van der Waals surface area contributed by atoms with Crippen LogP contribution in [0, 0.1) is 12.8 Å². The van der Waals surface area contributed by atoms with E-state index in [9.17, 15) is 4.79 Å². The summed E-state index contributed by atoms with van der Waals surface area (Å²) in [6, 6.07) is 6.37. The van der Waals surface area contributed by atoms with Gasteiger partial charge in [-0.15, -0.1) is 0 Å². The molecule has 1 aromatic carbocycles. The summed E-state index contributed by atoms with van der Waals surface area (Å²) in [5, 5.41) is 6.40. The Morgan fingerprint density at radius 2 is 2.05 bits per heavy atom. The predicted octanol–water partition coefficient (Wildman–Crippen LogP) is 2.85. The van der Waals surface area contributed by atoms with Gasteiger partial charge < -0.3 is 10.6 Å². The highest BCUT2D eigenvalue weighted by molar-refractivity contribution is 5.95. The second-order valence-corrected chi connectivity index (χ2v) is 6.20. The van der Waals surface area contributed by atoms with Crippen LogP contribution >= 0.6 is 0 Å². The summed E-state index contributed by atoms with van der Waals surface area (Å²) < 4.78 is 0. The standard InChI is InChI=1S/C17H26N2O/c1-12(2)11-19-17(20)16-10-15(5-4-13(16)3)14-6-8-18-9-7-14/h4-5,10,12,14,18H,6-9,11H2,1-3H3,(H,19,20). The normalized spacial score (nSPS) is 16.4. The highest BCUT2D eigenvalue weighted by atomic mass is 16.1. The van der Waals surface area contributed by atoms with Crippen molar-refractivity contribution in [3.05, 3.63) is 34.9 Å². The van der Waals surface area contributed by atoms with Gasteiger partial charge in [-0.2, -0.15) is 0 Å². The van der Waals surface area contributed by atoms with Crippen LogP contribution in [0.2, 0.25) is 0 Å². The predicted molar refractivity (Wildman–Crippen MR) is 83.2 cm³/mol. The molecule has 3 heteroatoms. The van der Waals surface area contributed by atoms with Gasteiger partial charge in [0, 0.05) is 12.1 Å². The zero-order chi connectivity index (χ0) is 14.5. The van der Waals surface area contributed by atoms with E-state index in [-0.39, 0.29) is 5.91 Å². The van der Waals surface area contributed by atoms with Crippen LogP contribution < -0.4 is 10.6 Å². The molecule has 0 radical (unpaired) electrons. The van der Waals surface area contributed by atoms with Crippen LogP contribution in [-0.2, 0) is 0 Å². The first-order valence-corrected chi connectivity index (χ1v) is 7.67. The Bertz CT molecular complexity index is 462. The molecule has 1 aliphatic rings. The summed E-state index contributed by atoms with van der Waals surface area (Å²) in [5.41, 5.74) is 3.21. The topological polar surface area (TPSA) is 41.1 Å². The Hall–Kier alpha value is -1.35. The van der Waals surface area contributed by atoms with Crippen molar-refractivity contribution in [2.75, 3.05) is 19.6 Å². The van der Waals surface area contributed by atoms with Crippen molar-refractivity contribution in [2.45, 2.75) is 39.5 Å². The van der Waals surface area contributed by atoms with Gasteiger partial charge in [-0.05, 0) is 61.9 Å². The maximum Gasteiger partial charge on any atom is 0.251 e. The molecule has 1 aliphatic heterocycles. The van der Waals surface area contributed by atoms with E-state index >= 15 is 0 Å². The van der Waals surface area contributed by atoms with Crippen molar-refractivity contribution < 1.29 is 4.79 Å². The monoisotopic (exact) mass is 274 g/mol. The molecule has 0 atom stereocenters. The molecule has 1 fully saturated rings. The number of nitrogens with one attached hydrogen (secondary N) is 2. The van der Waals surface area contributed by atoms with Gasteiger partial charge in [-0.25, -0.2) is 0 Å². The average Bonchev–Trinajstić information content (AvgIpc) is 2.46. The summed E-state index contributed by atoms with van der Waals surface area (Å²) in [7, 11) is 0. The van der Waals surface area contributed by atoms with Crippen molar-refractivity contribution in [3.63, 3.8) is 0 Å². The number of benzene rings is 1. The molecule has 1 aromatic rings. The van der Waals surface area contributed by atoms with Crippen LogP contribution in [0.1, 0.15) is 54.1 Å². The van der Waals surface area contributed by atoms with E-state index in [1.807, 2.05) is 6.92 Å². The molecular weight excluding hydrogens is 248 g/mol. The molecule has 0 spiro atoms. The van der Waals surface area contributed by atoms with Gasteiger partial charge in [-0.1, -0.05) is 26.0 Å². The molecule has 20 heavy (non-hydrogen) atoms. The largest absolute Gasteiger partial charge is 0.352 e. The van der Waals surface area contributed by atoms with Gasteiger partial charge in [0.1, 0.15) is 0 Å². The number of carbonyl (C=O) groups excluding carboxylic acids is 1. The maximum atomic E-state index is 12.3. The third kappa shape index (κ3) is 3.83. The molecule has 0 bridgehead atoms. The summed E-state index contributed by atoms with van der Waals surface area (Å²) >= 11 is 0. The second kappa shape index (κ2) is 6.89. The smallest absolute Gasteiger partial charge is 0.251 e. The summed E-state index contributed by atoms with van der Waals surface area (Å²) in [4.78, 5) is 12.3. The number of hydrogen-bond acceptors (Lipinski definition) is 2. The van der Waals surface area contributed by atoms with E-state index in [1.165, 1.54) is 5.56 Å². The number of piperidine rings is 1. The zero-order valence-corrected chi connectivity index (χ0v) is 12.8. The lowest BCUT2D eigenvalue weighted by Gasteiger charge is -2.23. The van der Waals surface area contributed by atoms with E-state index in [4.69, 9.17) is 0 Å². The summed E-state index contributed by atoms with van der Waals surface area (Å²) in [6.07, 6.45) is 2.33. The first kappa shape index (κ1) is 15.0. The van der Waals surface area contributed by atoms with Gasteiger partial charge in [-0.3, -0.25) is 4.79 Å². The SMILES string of the molecule is Cc1ccc(C2CCNCC2)cc1C(=O)NCC(C)C. The molecule has 1 amide bonds. The van der Waals surface area contributed by atoms with Crippen LogP contribution in [0.4, 0.5) is 0 Å². The Balaban J connectivity index is 2.13. The van der Waals surface area contributed by atoms with E-state index in [0.717, 1.165) is 43.6 Å². The molecule has 2 N–H and O–H groups in total.